The van der Waals surface area contributed by atoms with Crippen LogP contribution in [0.3, 0.4) is 0 Å². The Balaban J connectivity index is 1.93. The first-order valence-electron chi connectivity index (χ1n) is 7.12. The third kappa shape index (κ3) is 4.17. The fourth-order valence-electron chi connectivity index (χ4n) is 3.21. The monoisotopic (exact) mass is 206 g/mol. The molecule has 0 saturated heterocycles. The van der Waals surface area contributed by atoms with Crippen LogP contribution in [-0.4, -0.2) is 0 Å². The molecule has 0 atom stereocenters. The van der Waals surface area contributed by atoms with Gasteiger partial charge in [-0.2, -0.15) is 0 Å². The third-order valence-electron chi connectivity index (χ3n) is 4.21. The summed E-state index contributed by atoms with van der Waals surface area (Å²) >= 11 is 0. The second kappa shape index (κ2) is 6.55. The Kier molecular flexibility index (Phi) is 5.02. The first-order valence-corrected chi connectivity index (χ1v) is 7.12. The van der Waals surface area contributed by atoms with Crippen molar-refractivity contribution in [2.45, 2.75) is 70.6 Å². The van der Waals surface area contributed by atoms with Gasteiger partial charge in [0.1, 0.15) is 0 Å². The van der Waals surface area contributed by atoms with E-state index < -0.39 is 0 Å². The summed E-state index contributed by atoms with van der Waals surface area (Å²) in [5.74, 6) is 1.92. The molecule has 0 nitrogen and oxygen atoms in total. The molecule has 3 aliphatic rings. The van der Waals surface area contributed by atoms with E-state index in [-0.39, 0.29) is 0 Å². The second-order valence-electron chi connectivity index (χ2n) is 5.49. The highest BCUT2D eigenvalue weighted by molar-refractivity contribution is 4.84. The summed E-state index contributed by atoms with van der Waals surface area (Å²) in [6, 6.07) is 0. The lowest BCUT2D eigenvalue weighted by Gasteiger charge is -2.20. The minimum Gasteiger partial charge on any atom is -0.0530 e. The van der Waals surface area contributed by atoms with E-state index in [0.717, 1.165) is 11.8 Å². The molecule has 3 aliphatic carbocycles. The molecule has 0 unspecified atom stereocenters. The van der Waals surface area contributed by atoms with E-state index in [1.807, 2.05) is 0 Å². The van der Waals surface area contributed by atoms with Gasteiger partial charge in [-0.1, -0.05) is 57.8 Å². The topological polar surface area (TPSA) is 0 Å². The summed E-state index contributed by atoms with van der Waals surface area (Å²) in [5, 5.41) is 0. The van der Waals surface area contributed by atoms with Crippen molar-refractivity contribution in [3.8, 4) is 0 Å². The Morgan fingerprint density at radius 2 is 0.933 bits per heavy atom. The summed E-state index contributed by atoms with van der Waals surface area (Å²) in [5.41, 5.74) is 0. The summed E-state index contributed by atoms with van der Waals surface area (Å²) in [6.45, 7) is 0. The molecule has 0 spiro atoms. The van der Waals surface area contributed by atoms with Crippen LogP contribution in [0.1, 0.15) is 70.6 Å². The van der Waals surface area contributed by atoms with Crippen molar-refractivity contribution in [1.82, 2.24) is 0 Å². The molecule has 3 fully saturated rings. The van der Waals surface area contributed by atoms with Crippen molar-refractivity contribution in [2.24, 2.45) is 11.8 Å². The van der Waals surface area contributed by atoms with Gasteiger partial charge >= 0.3 is 0 Å². The molecule has 3 rings (SSSR count). The van der Waals surface area contributed by atoms with E-state index >= 15 is 0 Å². The predicted octanol–water partition coefficient (Wildman–Crippen LogP) is 4.95. The highest BCUT2D eigenvalue weighted by Gasteiger charge is 2.16. The van der Waals surface area contributed by atoms with Crippen molar-refractivity contribution in [2.75, 3.05) is 0 Å². The molecule has 2 radical (unpaired) electrons. The quantitative estimate of drug-likeness (QED) is 0.526. The van der Waals surface area contributed by atoms with Gasteiger partial charge in [0.2, 0.25) is 0 Å². The standard InChI is InChI=1S/C15H26/c1-2-8-14-10-4-6-12-15(9-3-1)13-7-5-11-14/h8-9,14-15H,1-7,10-13H2. The van der Waals surface area contributed by atoms with Crippen molar-refractivity contribution in [3.05, 3.63) is 12.8 Å². The Hall–Kier alpha value is 0. The van der Waals surface area contributed by atoms with Gasteiger partial charge in [0, 0.05) is 0 Å². The molecule has 86 valence electrons. The fraction of sp³-hybridized carbons (Fsp3) is 0.867. The van der Waals surface area contributed by atoms with Crippen LogP contribution in [0, 0.1) is 24.7 Å². The molecule has 0 heterocycles. The van der Waals surface area contributed by atoms with Crippen LogP contribution in [0.25, 0.3) is 0 Å². The van der Waals surface area contributed by atoms with Crippen LogP contribution in [0.2, 0.25) is 0 Å². The Bertz CT molecular complexity index is 126. The van der Waals surface area contributed by atoms with E-state index in [2.05, 4.69) is 12.8 Å². The van der Waals surface area contributed by atoms with Gasteiger partial charge in [0.15, 0.2) is 0 Å². The maximum absolute atomic E-state index is 2.64. The highest BCUT2D eigenvalue weighted by atomic mass is 14.2. The first-order chi connectivity index (χ1) is 7.45. The molecule has 0 N–H and O–H groups in total. The van der Waals surface area contributed by atoms with Crippen LogP contribution in [0.5, 0.6) is 0 Å². The average molecular weight is 206 g/mol. The number of rotatable bonds is 0. The second-order valence-corrected chi connectivity index (χ2v) is 5.49. The zero-order valence-electron chi connectivity index (χ0n) is 10.1. The highest BCUT2D eigenvalue weighted by Crippen LogP contribution is 2.30. The lowest BCUT2D eigenvalue weighted by atomic mass is 9.86. The molecule has 0 heteroatoms. The van der Waals surface area contributed by atoms with Gasteiger partial charge in [0.25, 0.3) is 0 Å². The summed E-state index contributed by atoms with van der Waals surface area (Å²) in [7, 11) is 0. The van der Waals surface area contributed by atoms with Crippen LogP contribution in [0.4, 0.5) is 0 Å². The molecule has 15 heavy (non-hydrogen) atoms. The molecule has 0 aliphatic heterocycles. The number of hydrogen-bond acceptors (Lipinski definition) is 0. The largest absolute Gasteiger partial charge is 0.0530 e. The van der Waals surface area contributed by atoms with Gasteiger partial charge < -0.3 is 0 Å². The van der Waals surface area contributed by atoms with Gasteiger partial charge in [-0.25, -0.2) is 0 Å². The molecule has 3 saturated carbocycles. The first kappa shape index (κ1) is 11.5. The van der Waals surface area contributed by atoms with E-state index in [1.165, 1.54) is 70.6 Å². The maximum Gasteiger partial charge on any atom is -0.0355 e. The summed E-state index contributed by atoms with van der Waals surface area (Å²) in [4.78, 5) is 0. The van der Waals surface area contributed by atoms with Gasteiger partial charge in [0.05, 0.1) is 0 Å². The smallest absolute Gasteiger partial charge is 0.0355 e. The number of hydrogen-bond donors (Lipinski definition) is 0. The average Bonchev–Trinajstić information content (AvgIpc) is 2.34. The molecular formula is C15H26. The minimum absolute atomic E-state index is 0.958. The van der Waals surface area contributed by atoms with Gasteiger partial charge in [-0.15, -0.1) is 0 Å². The van der Waals surface area contributed by atoms with Gasteiger partial charge in [-0.05, 0) is 37.5 Å². The molecule has 0 aromatic rings. The van der Waals surface area contributed by atoms with Crippen LogP contribution < -0.4 is 0 Å². The zero-order valence-corrected chi connectivity index (χ0v) is 10.1. The lowest BCUT2D eigenvalue weighted by molar-refractivity contribution is 0.385. The molecule has 0 amide bonds. The van der Waals surface area contributed by atoms with E-state index in [9.17, 15) is 0 Å². The summed E-state index contributed by atoms with van der Waals surface area (Å²) in [6.07, 6.45) is 21.3. The Morgan fingerprint density at radius 1 is 0.533 bits per heavy atom. The van der Waals surface area contributed by atoms with Crippen molar-refractivity contribution < 1.29 is 0 Å². The Morgan fingerprint density at radius 3 is 1.33 bits per heavy atom. The van der Waals surface area contributed by atoms with Crippen LogP contribution in [0.15, 0.2) is 0 Å². The minimum atomic E-state index is 0.958. The van der Waals surface area contributed by atoms with E-state index in [1.54, 1.807) is 0 Å². The Labute approximate surface area is 95.8 Å². The zero-order chi connectivity index (χ0) is 10.3. The molecular weight excluding hydrogens is 180 g/mol. The van der Waals surface area contributed by atoms with Gasteiger partial charge in [-0.3, -0.25) is 0 Å². The van der Waals surface area contributed by atoms with E-state index in [4.69, 9.17) is 0 Å². The molecule has 2 bridgehead atoms. The maximum atomic E-state index is 2.64. The molecule has 0 aromatic carbocycles. The normalized spacial score (nSPS) is 35.2. The van der Waals surface area contributed by atoms with Crippen molar-refractivity contribution in [1.29, 1.82) is 0 Å². The van der Waals surface area contributed by atoms with Crippen LogP contribution in [-0.2, 0) is 0 Å². The van der Waals surface area contributed by atoms with E-state index in [0.29, 0.717) is 0 Å². The summed E-state index contributed by atoms with van der Waals surface area (Å²) < 4.78 is 0. The SMILES string of the molecule is [CH]1CCC[CH]C2CCCCC1CCCC2. The predicted molar refractivity (Wildman–Crippen MR) is 66.4 cm³/mol. The third-order valence-corrected chi connectivity index (χ3v) is 4.21. The fourth-order valence-corrected chi connectivity index (χ4v) is 3.21. The van der Waals surface area contributed by atoms with Crippen molar-refractivity contribution >= 4 is 0 Å². The van der Waals surface area contributed by atoms with Crippen LogP contribution >= 0.6 is 0 Å². The van der Waals surface area contributed by atoms with Crippen molar-refractivity contribution in [3.63, 3.8) is 0 Å². The molecule has 0 aromatic heterocycles. The lowest BCUT2D eigenvalue weighted by Crippen LogP contribution is -2.06. The number of fused-ring (bicyclic) bond motifs is 10.